The summed E-state index contributed by atoms with van der Waals surface area (Å²) in [6.07, 6.45) is 0. The zero-order chi connectivity index (χ0) is 8.72. The van der Waals surface area contributed by atoms with Gasteiger partial charge in [-0.3, -0.25) is 0 Å². The maximum Gasteiger partial charge on any atom is 0.0854 e. The highest BCUT2D eigenvalue weighted by Gasteiger charge is 2.03. The average molecular weight is 224 g/mol. The lowest BCUT2D eigenvalue weighted by Gasteiger charge is -1.98. The van der Waals surface area contributed by atoms with Crippen LogP contribution in [0.1, 0.15) is 5.56 Å². The molecule has 0 atom stereocenters. The van der Waals surface area contributed by atoms with Crippen LogP contribution in [0.2, 0.25) is 0 Å². The van der Waals surface area contributed by atoms with Crippen LogP contribution >= 0.6 is 15.9 Å². The van der Waals surface area contributed by atoms with Crippen LogP contribution in [0.4, 0.5) is 0 Å². The van der Waals surface area contributed by atoms with Crippen LogP contribution < -0.4 is 0 Å². The normalized spacial score (nSPS) is 10.9. The van der Waals surface area contributed by atoms with E-state index in [9.17, 15) is 0 Å². The number of rotatable bonds is 0. The molecule has 2 rings (SSSR count). The first kappa shape index (κ1) is 7.87. The predicted octanol–water partition coefficient (Wildman–Crippen LogP) is 3.25. The second kappa shape index (κ2) is 2.63. The summed E-state index contributed by atoms with van der Waals surface area (Å²) in [7, 11) is 2.06. The Labute approximate surface area is 80.1 Å². The first-order valence-electron chi connectivity index (χ1n) is 3.90. The fourth-order valence-electron chi connectivity index (χ4n) is 1.48. The minimum atomic E-state index is 1.13. The molecule has 0 bridgehead atoms. The molecule has 2 aromatic rings. The van der Waals surface area contributed by atoms with Gasteiger partial charge in [-0.2, -0.15) is 0 Å². The smallest absolute Gasteiger partial charge is 0.0854 e. The van der Waals surface area contributed by atoms with Crippen molar-refractivity contribution in [1.82, 2.24) is 4.57 Å². The van der Waals surface area contributed by atoms with Gasteiger partial charge < -0.3 is 4.57 Å². The minimum Gasteiger partial charge on any atom is -0.338 e. The van der Waals surface area contributed by atoms with E-state index < -0.39 is 0 Å². The molecule has 12 heavy (non-hydrogen) atoms. The van der Waals surface area contributed by atoms with Crippen LogP contribution in [0.3, 0.4) is 0 Å². The van der Waals surface area contributed by atoms with Crippen LogP contribution in [0.5, 0.6) is 0 Å². The summed E-state index contributed by atoms with van der Waals surface area (Å²) in [5.74, 6) is 0. The summed E-state index contributed by atoms with van der Waals surface area (Å²) in [6, 6.07) is 8.51. The van der Waals surface area contributed by atoms with Crippen molar-refractivity contribution in [3.63, 3.8) is 0 Å². The van der Waals surface area contributed by atoms with Crippen LogP contribution in [-0.2, 0) is 7.05 Å². The van der Waals surface area contributed by atoms with Crippen LogP contribution in [0.25, 0.3) is 10.9 Å². The molecule has 1 aromatic carbocycles. The SMILES string of the molecule is Cc1cccc2c1cc(Br)n2C. The Bertz CT molecular complexity index is 429. The second-order valence-corrected chi connectivity index (χ2v) is 3.85. The minimum absolute atomic E-state index is 1.13. The first-order valence-corrected chi connectivity index (χ1v) is 4.70. The Morgan fingerprint density at radius 1 is 1.33 bits per heavy atom. The topological polar surface area (TPSA) is 4.93 Å². The average Bonchev–Trinajstić information content (AvgIpc) is 2.32. The van der Waals surface area contributed by atoms with Crippen molar-refractivity contribution in [1.29, 1.82) is 0 Å². The summed E-state index contributed by atoms with van der Waals surface area (Å²) < 4.78 is 3.27. The Hall–Kier alpha value is -0.760. The summed E-state index contributed by atoms with van der Waals surface area (Å²) in [5, 5.41) is 1.33. The third-order valence-electron chi connectivity index (χ3n) is 2.25. The number of hydrogen-bond acceptors (Lipinski definition) is 0. The maximum atomic E-state index is 3.51. The van der Waals surface area contributed by atoms with E-state index >= 15 is 0 Å². The van der Waals surface area contributed by atoms with E-state index in [1.54, 1.807) is 0 Å². The maximum absolute atomic E-state index is 3.51. The number of hydrogen-bond donors (Lipinski definition) is 0. The molecular formula is C10H10BrN. The van der Waals surface area contributed by atoms with Crippen LogP contribution in [0.15, 0.2) is 28.9 Å². The van der Waals surface area contributed by atoms with Gasteiger partial charge in [-0.05, 0) is 40.5 Å². The standard InChI is InChI=1S/C10H10BrN/c1-7-4-3-5-9-8(7)6-10(11)12(9)2/h3-6H,1-2H3. The summed E-state index contributed by atoms with van der Waals surface area (Å²) >= 11 is 3.51. The molecule has 0 spiro atoms. The molecule has 0 aliphatic heterocycles. The molecule has 0 saturated carbocycles. The molecule has 0 unspecified atom stereocenters. The predicted molar refractivity (Wildman–Crippen MR) is 55.4 cm³/mol. The van der Waals surface area contributed by atoms with Gasteiger partial charge in [-0.25, -0.2) is 0 Å². The van der Waals surface area contributed by atoms with Crippen molar-refractivity contribution in [2.75, 3.05) is 0 Å². The van der Waals surface area contributed by atoms with Gasteiger partial charge in [0, 0.05) is 18.0 Å². The Kier molecular flexibility index (Phi) is 1.72. The number of halogens is 1. The quantitative estimate of drug-likeness (QED) is 0.647. The number of fused-ring (bicyclic) bond motifs is 1. The van der Waals surface area contributed by atoms with E-state index in [2.05, 4.69) is 58.7 Å². The summed E-state index contributed by atoms with van der Waals surface area (Å²) in [5.41, 5.74) is 2.61. The molecule has 2 heteroatoms. The Morgan fingerprint density at radius 3 is 2.75 bits per heavy atom. The molecule has 0 saturated heterocycles. The molecule has 1 heterocycles. The third kappa shape index (κ3) is 0.985. The molecule has 0 aliphatic rings. The van der Waals surface area contributed by atoms with Gasteiger partial charge in [-0.1, -0.05) is 12.1 Å². The fourth-order valence-corrected chi connectivity index (χ4v) is 1.90. The lowest BCUT2D eigenvalue weighted by atomic mass is 10.1. The number of aromatic nitrogens is 1. The lowest BCUT2D eigenvalue weighted by molar-refractivity contribution is 0.941. The molecule has 0 fully saturated rings. The Balaban J connectivity index is 2.95. The van der Waals surface area contributed by atoms with Crippen molar-refractivity contribution >= 4 is 26.8 Å². The van der Waals surface area contributed by atoms with Crippen LogP contribution in [0, 0.1) is 6.92 Å². The fraction of sp³-hybridized carbons (Fsp3) is 0.200. The number of nitrogens with zero attached hydrogens (tertiary/aromatic N) is 1. The van der Waals surface area contributed by atoms with Gasteiger partial charge in [0.25, 0.3) is 0 Å². The van der Waals surface area contributed by atoms with Gasteiger partial charge >= 0.3 is 0 Å². The molecule has 0 radical (unpaired) electrons. The zero-order valence-corrected chi connectivity index (χ0v) is 8.72. The largest absolute Gasteiger partial charge is 0.338 e. The van der Waals surface area contributed by atoms with E-state index in [1.807, 2.05) is 0 Å². The van der Waals surface area contributed by atoms with Gasteiger partial charge in [0.1, 0.15) is 0 Å². The highest BCUT2D eigenvalue weighted by molar-refractivity contribution is 9.10. The first-order chi connectivity index (χ1) is 5.70. The summed E-state index contributed by atoms with van der Waals surface area (Å²) in [6.45, 7) is 2.13. The Morgan fingerprint density at radius 2 is 2.08 bits per heavy atom. The number of aryl methyl sites for hydroxylation is 2. The zero-order valence-electron chi connectivity index (χ0n) is 7.13. The molecule has 0 N–H and O–H groups in total. The van der Waals surface area contributed by atoms with Crippen molar-refractivity contribution in [2.45, 2.75) is 6.92 Å². The monoisotopic (exact) mass is 223 g/mol. The third-order valence-corrected chi connectivity index (χ3v) is 3.01. The molecule has 0 aliphatic carbocycles. The van der Waals surface area contributed by atoms with Gasteiger partial charge in [0.2, 0.25) is 0 Å². The van der Waals surface area contributed by atoms with Crippen molar-refractivity contribution < 1.29 is 0 Å². The van der Waals surface area contributed by atoms with E-state index in [0.29, 0.717) is 0 Å². The molecule has 62 valence electrons. The second-order valence-electron chi connectivity index (χ2n) is 3.03. The van der Waals surface area contributed by atoms with E-state index in [4.69, 9.17) is 0 Å². The van der Waals surface area contributed by atoms with E-state index in [1.165, 1.54) is 16.5 Å². The van der Waals surface area contributed by atoms with Gasteiger partial charge in [-0.15, -0.1) is 0 Å². The summed E-state index contributed by atoms with van der Waals surface area (Å²) in [4.78, 5) is 0. The number of benzene rings is 1. The van der Waals surface area contributed by atoms with Crippen molar-refractivity contribution in [3.05, 3.63) is 34.4 Å². The molecule has 1 aromatic heterocycles. The lowest BCUT2D eigenvalue weighted by Crippen LogP contribution is -1.85. The molecule has 0 amide bonds. The van der Waals surface area contributed by atoms with Crippen molar-refractivity contribution in [3.8, 4) is 0 Å². The van der Waals surface area contributed by atoms with Crippen molar-refractivity contribution in [2.24, 2.45) is 7.05 Å². The molecule has 1 nitrogen and oxygen atoms in total. The highest BCUT2D eigenvalue weighted by Crippen LogP contribution is 2.24. The van der Waals surface area contributed by atoms with Gasteiger partial charge in [0.15, 0.2) is 0 Å². The van der Waals surface area contributed by atoms with Gasteiger partial charge in [0.05, 0.1) is 4.60 Å². The van der Waals surface area contributed by atoms with Crippen LogP contribution in [-0.4, -0.2) is 4.57 Å². The molecular weight excluding hydrogens is 214 g/mol. The highest BCUT2D eigenvalue weighted by atomic mass is 79.9. The van der Waals surface area contributed by atoms with E-state index in [-0.39, 0.29) is 0 Å². The van der Waals surface area contributed by atoms with E-state index in [0.717, 1.165) is 4.60 Å².